The number of nitrogens with zero attached hydrogens (tertiary/aromatic N) is 3. The zero-order valence-electron chi connectivity index (χ0n) is 17.7. The zero-order chi connectivity index (χ0) is 21.4. The Kier molecular flexibility index (Phi) is 5.43. The molecule has 2 atom stereocenters. The lowest BCUT2D eigenvalue weighted by Crippen LogP contribution is -2.48. The van der Waals surface area contributed by atoms with E-state index in [1.165, 1.54) is 6.07 Å². The number of morpholine rings is 1. The summed E-state index contributed by atoms with van der Waals surface area (Å²) in [4.78, 5) is 15.3. The molecule has 0 unspecified atom stereocenters. The van der Waals surface area contributed by atoms with Gasteiger partial charge in [0.1, 0.15) is 11.5 Å². The Morgan fingerprint density at radius 2 is 1.77 bits per heavy atom. The number of ether oxygens (including phenoxy) is 1. The minimum Gasteiger partial charge on any atom is -0.372 e. The first kappa shape index (κ1) is 20.3. The van der Waals surface area contributed by atoms with E-state index >= 15 is 0 Å². The Hall–Kier alpha value is -2.99. The van der Waals surface area contributed by atoms with Crippen molar-refractivity contribution in [2.75, 3.05) is 13.1 Å². The highest BCUT2D eigenvalue weighted by molar-refractivity contribution is 5.94. The number of carbonyl (C=O) groups excluding carboxylic acids is 1. The first-order valence-corrected chi connectivity index (χ1v) is 10.2. The van der Waals surface area contributed by atoms with Gasteiger partial charge in [-0.15, -0.1) is 0 Å². The lowest BCUT2D eigenvalue weighted by molar-refractivity contribution is -0.0588. The molecule has 6 heteroatoms. The van der Waals surface area contributed by atoms with E-state index in [-0.39, 0.29) is 23.9 Å². The summed E-state index contributed by atoms with van der Waals surface area (Å²) in [5, 5.41) is 4.65. The van der Waals surface area contributed by atoms with Crippen molar-refractivity contribution in [3.05, 3.63) is 71.2 Å². The van der Waals surface area contributed by atoms with Gasteiger partial charge in [-0.1, -0.05) is 29.8 Å². The van der Waals surface area contributed by atoms with Crippen LogP contribution in [0.25, 0.3) is 16.9 Å². The largest absolute Gasteiger partial charge is 0.372 e. The van der Waals surface area contributed by atoms with Gasteiger partial charge in [0.05, 0.1) is 23.6 Å². The molecule has 2 aromatic carbocycles. The molecular formula is C24H26FN3O2. The molecule has 0 N–H and O–H groups in total. The van der Waals surface area contributed by atoms with Crippen molar-refractivity contribution in [1.29, 1.82) is 0 Å². The number of aryl methyl sites for hydroxylation is 2. The molecule has 2 heterocycles. The van der Waals surface area contributed by atoms with E-state index in [0.29, 0.717) is 30.0 Å². The fourth-order valence-corrected chi connectivity index (χ4v) is 4.07. The minimum atomic E-state index is -0.365. The SMILES string of the molecule is Cc1ccc(-n2nc(-c3ccccc3F)cc2C(=O)N2C[C@@H](C)O[C@@H](C)C2)c(C)c1. The zero-order valence-corrected chi connectivity index (χ0v) is 17.7. The van der Waals surface area contributed by atoms with Crippen molar-refractivity contribution in [1.82, 2.24) is 14.7 Å². The van der Waals surface area contributed by atoms with Crippen molar-refractivity contribution >= 4 is 5.91 Å². The highest BCUT2D eigenvalue weighted by Crippen LogP contribution is 2.27. The van der Waals surface area contributed by atoms with Crippen molar-refractivity contribution in [3.8, 4) is 16.9 Å². The van der Waals surface area contributed by atoms with E-state index in [0.717, 1.165) is 16.8 Å². The first-order chi connectivity index (χ1) is 14.3. The highest BCUT2D eigenvalue weighted by atomic mass is 19.1. The van der Waals surface area contributed by atoms with Crippen LogP contribution in [-0.4, -0.2) is 45.9 Å². The molecule has 1 aromatic heterocycles. The van der Waals surface area contributed by atoms with Gasteiger partial charge in [-0.3, -0.25) is 4.79 Å². The molecule has 0 radical (unpaired) electrons. The predicted molar refractivity (Wildman–Crippen MR) is 114 cm³/mol. The van der Waals surface area contributed by atoms with E-state index in [9.17, 15) is 9.18 Å². The van der Waals surface area contributed by atoms with Crippen LogP contribution in [0.1, 0.15) is 35.5 Å². The van der Waals surface area contributed by atoms with Gasteiger partial charge in [-0.05, 0) is 57.5 Å². The Morgan fingerprint density at radius 3 is 2.43 bits per heavy atom. The first-order valence-electron chi connectivity index (χ1n) is 10.2. The summed E-state index contributed by atoms with van der Waals surface area (Å²) in [6, 6.07) is 14.2. The van der Waals surface area contributed by atoms with Crippen LogP contribution >= 0.6 is 0 Å². The van der Waals surface area contributed by atoms with Gasteiger partial charge in [-0.25, -0.2) is 9.07 Å². The molecule has 5 nitrogen and oxygen atoms in total. The second-order valence-electron chi connectivity index (χ2n) is 8.06. The summed E-state index contributed by atoms with van der Waals surface area (Å²) in [6.45, 7) is 8.95. The second kappa shape index (κ2) is 8.03. The van der Waals surface area contributed by atoms with Crippen LogP contribution in [0.5, 0.6) is 0 Å². The quantitative estimate of drug-likeness (QED) is 0.640. The number of benzene rings is 2. The number of hydrogen-bond acceptors (Lipinski definition) is 3. The molecule has 0 saturated carbocycles. The topological polar surface area (TPSA) is 47.4 Å². The summed E-state index contributed by atoms with van der Waals surface area (Å²) in [5.41, 5.74) is 4.16. The van der Waals surface area contributed by atoms with Crippen molar-refractivity contribution in [2.45, 2.75) is 39.9 Å². The molecule has 0 spiro atoms. The average molecular weight is 407 g/mol. The van der Waals surface area contributed by atoms with E-state index in [1.807, 2.05) is 45.9 Å². The Bertz CT molecular complexity index is 1080. The number of rotatable bonds is 3. The standard InChI is InChI=1S/C24H26FN3O2/c1-15-9-10-22(16(2)11-15)28-23(24(29)27-13-17(3)30-18(4)14-27)12-21(26-28)19-7-5-6-8-20(19)25/h5-12,17-18H,13-14H2,1-4H3/t17-,18+. The summed E-state index contributed by atoms with van der Waals surface area (Å²) in [7, 11) is 0. The highest BCUT2D eigenvalue weighted by Gasteiger charge is 2.30. The Balaban J connectivity index is 1.83. The monoisotopic (exact) mass is 407 g/mol. The third-order valence-corrected chi connectivity index (χ3v) is 5.37. The van der Waals surface area contributed by atoms with Gasteiger partial charge in [0.25, 0.3) is 5.91 Å². The maximum atomic E-state index is 14.4. The van der Waals surface area contributed by atoms with Crippen molar-refractivity contribution in [2.24, 2.45) is 0 Å². The molecule has 0 aliphatic carbocycles. The summed E-state index contributed by atoms with van der Waals surface area (Å²) >= 11 is 0. The van der Waals surface area contributed by atoms with E-state index in [4.69, 9.17) is 4.74 Å². The molecule has 1 saturated heterocycles. The lowest BCUT2D eigenvalue weighted by Gasteiger charge is -2.35. The maximum absolute atomic E-state index is 14.4. The fraction of sp³-hybridized carbons (Fsp3) is 0.333. The average Bonchev–Trinajstić information content (AvgIpc) is 3.11. The van der Waals surface area contributed by atoms with Crippen LogP contribution in [-0.2, 0) is 4.74 Å². The van der Waals surface area contributed by atoms with Crippen LogP contribution < -0.4 is 0 Å². The van der Waals surface area contributed by atoms with Crippen LogP contribution in [0.15, 0.2) is 48.5 Å². The van der Waals surface area contributed by atoms with Gasteiger partial charge < -0.3 is 9.64 Å². The maximum Gasteiger partial charge on any atom is 0.272 e. The number of carbonyl (C=O) groups is 1. The molecule has 1 aliphatic heterocycles. The van der Waals surface area contributed by atoms with E-state index in [1.54, 1.807) is 33.8 Å². The molecule has 1 aliphatic rings. The van der Waals surface area contributed by atoms with Crippen LogP contribution in [0.4, 0.5) is 4.39 Å². The van der Waals surface area contributed by atoms with Gasteiger partial charge in [0.2, 0.25) is 0 Å². The fourth-order valence-electron chi connectivity index (χ4n) is 4.07. The third kappa shape index (κ3) is 3.87. The number of hydrogen-bond donors (Lipinski definition) is 0. The van der Waals surface area contributed by atoms with Crippen LogP contribution in [0.3, 0.4) is 0 Å². The molecule has 1 fully saturated rings. The molecule has 3 aromatic rings. The van der Waals surface area contributed by atoms with Gasteiger partial charge in [-0.2, -0.15) is 5.10 Å². The Labute approximate surface area is 176 Å². The summed E-state index contributed by atoms with van der Waals surface area (Å²) in [5.74, 6) is -0.498. The van der Waals surface area contributed by atoms with Gasteiger partial charge in [0.15, 0.2) is 0 Å². The third-order valence-electron chi connectivity index (χ3n) is 5.37. The molecule has 4 rings (SSSR count). The van der Waals surface area contributed by atoms with E-state index in [2.05, 4.69) is 5.10 Å². The summed E-state index contributed by atoms with van der Waals surface area (Å²) < 4.78 is 21.9. The minimum absolute atomic E-state index is 0.0405. The van der Waals surface area contributed by atoms with Gasteiger partial charge in [0, 0.05) is 18.7 Å². The van der Waals surface area contributed by atoms with E-state index < -0.39 is 0 Å². The smallest absolute Gasteiger partial charge is 0.272 e. The van der Waals surface area contributed by atoms with Crippen LogP contribution in [0.2, 0.25) is 0 Å². The Morgan fingerprint density at radius 1 is 1.07 bits per heavy atom. The van der Waals surface area contributed by atoms with Gasteiger partial charge >= 0.3 is 0 Å². The molecule has 30 heavy (non-hydrogen) atoms. The van der Waals surface area contributed by atoms with Crippen molar-refractivity contribution in [3.63, 3.8) is 0 Å². The molecule has 0 bridgehead atoms. The number of halogens is 1. The number of amides is 1. The number of aromatic nitrogens is 2. The molecular weight excluding hydrogens is 381 g/mol. The summed E-state index contributed by atoms with van der Waals surface area (Å²) in [6.07, 6.45) is -0.0811. The molecule has 1 amide bonds. The second-order valence-corrected chi connectivity index (χ2v) is 8.06. The lowest BCUT2D eigenvalue weighted by atomic mass is 10.1. The molecule has 156 valence electrons. The van der Waals surface area contributed by atoms with Crippen LogP contribution in [0, 0.1) is 19.7 Å². The van der Waals surface area contributed by atoms with Crippen molar-refractivity contribution < 1.29 is 13.9 Å². The predicted octanol–water partition coefficient (Wildman–Crippen LogP) is 4.54. The normalized spacial score (nSPS) is 19.2.